The first-order valence-corrected chi connectivity index (χ1v) is 7.51. The highest BCUT2D eigenvalue weighted by atomic mass is 32.2. The second-order valence-electron chi connectivity index (χ2n) is 3.86. The van der Waals surface area contributed by atoms with Crippen molar-refractivity contribution in [2.24, 2.45) is 0 Å². The summed E-state index contributed by atoms with van der Waals surface area (Å²) >= 11 is 0. The highest BCUT2D eigenvalue weighted by molar-refractivity contribution is 7.90. The minimum absolute atomic E-state index is 0.344. The second kappa shape index (κ2) is 8.54. The predicted molar refractivity (Wildman–Crippen MR) is 65.4 cm³/mol. The van der Waals surface area contributed by atoms with Crippen molar-refractivity contribution in [2.45, 2.75) is 57.6 Å². The van der Waals surface area contributed by atoms with Crippen molar-refractivity contribution in [3.8, 4) is 6.07 Å². The Labute approximate surface area is 99.1 Å². The molecule has 1 atom stereocenters. The Balaban J connectivity index is 3.98. The van der Waals surface area contributed by atoms with Gasteiger partial charge in [-0.1, -0.05) is 46.0 Å². The second-order valence-corrected chi connectivity index (χ2v) is 5.81. The molecule has 0 saturated heterocycles. The summed E-state index contributed by atoms with van der Waals surface area (Å²) in [6, 6.07) is 1.87. The van der Waals surface area contributed by atoms with E-state index in [0.717, 1.165) is 25.7 Å². The van der Waals surface area contributed by atoms with Crippen molar-refractivity contribution in [3.63, 3.8) is 0 Å². The molecular formula is C11H22N2O2S. The molecule has 0 saturated carbocycles. The first-order valence-electron chi connectivity index (χ1n) is 5.96. The van der Waals surface area contributed by atoms with Crippen LogP contribution in [0.2, 0.25) is 0 Å². The van der Waals surface area contributed by atoms with Gasteiger partial charge in [0, 0.05) is 6.54 Å². The lowest BCUT2D eigenvalue weighted by Gasteiger charge is -2.10. The molecule has 16 heavy (non-hydrogen) atoms. The zero-order valence-corrected chi connectivity index (χ0v) is 11.0. The summed E-state index contributed by atoms with van der Waals surface area (Å²) in [5, 5.41) is 7.93. The first-order chi connectivity index (χ1) is 7.58. The molecule has 94 valence electrons. The summed E-state index contributed by atoms with van der Waals surface area (Å²) in [6.45, 7) is 4.19. The van der Waals surface area contributed by atoms with Gasteiger partial charge >= 0.3 is 0 Å². The van der Waals surface area contributed by atoms with Gasteiger partial charge in [-0.2, -0.15) is 5.26 Å². The number of sulfonamides is 1. The highest BCUT2D eigenvalue weighted by Gasteiger charge is 2.23. The van der Waals surface area contributed by atoms with Crippen LogP contribution in [-0.2, 0) is 10.0 Å². The minimum Gasteiger partial charge on any atom is -0.214 e. The maximum absolute atomic E-state index is 11.5. The Morgan fingerprint density at radius 1 is 1.19 bits per heavy atom. The molecule has 0 aliphatic carbocycles. The van der Waals surface area contributed by atoms with Gasteiger partial charge < -0.3 is 0 Å². The average molecular weight is 246 g/mol. The molecular weight excluding hydrogens is 224 g/mol. The van der Waals surface area contributed by atoms with Crippen LogP contribution in [-0.4, -0.2) is 20.2 Å². The lowest BCUT2D eigenvalue weighted by molar-refractivity contribution is 0.560. The Morgan fingerprint density at radius 3 is 2.31 bits per heavy atom. The Kier molecular flexibility index (Phi) is 8.22. The maximum atomic E-state index is 11.5. The molecule has 0 fully saturated rings. The van der Waals surface area contributed by atoms with E-state index in [4.69, 9.17) is 5.26 Å². The fourth-order valence-corrected chi connectivity index (χ4v) is 2.74. The molecule has 0 spiro atoms. The van der Waals surface area contributed by atoms with Crippen molar-refractivity contribution in [1.29, 1.82) is 5.26 Å². The molecule has 0 aliphatic rings. The number of nitrogens with one attached hydrogen (secondary N) is 1. The topological polar surface area (TPSA) is 70.0 Å². The van der Waals surface area contributed by atoms with Crippen LogP contribution in [0.5, 0.6) is 0 Å². The van der Waals surface area contributed by atoms with E-state index in [1.54, 1.807) is 6.92 Å². The van der Waals surface area contributed by atoms with Gasteiger partial charge in [-0.3, -0.25) is 0 Å². The van der Waals surface area contributed by atoms with E-state index in [0.29, 0.717) is 13.0 Å². The van der Waals surface area contributed by atoms with Crippen LogP contribution in [0, 0.1) is 11.3 Å². The van der Waals surface area contributed by atoms with E-state index >= 15 is 0 Å². The lowest BCUT2D eigenvalue weighted by atomic mass is 10.1. The van der Waals surface area contributed by atoms with Gasteiger partial charge in [-0.15, -0.1) is 0 Å². The van der Waals surface area contributed by atoms with E-state index in [2.05, 4.69) is 11.6 Å². The number of hydrogen-bond donors (Lipinski definition) is 1. The number of nitrogens with zero attached hydrogens (tertiary/aromatic N) is 1. The molecule has 0 aliphatic heterocycles. The molecule has 0 radical (unpaired) electrons. The fourth-order valence-electron chi connectivity index (χ4n) is 1.52. The van der Waals surface area contributed by atoms with E-state index < -0.39 is 15.3 Å². The number of unbranched alkanes of at least 4 members (excludes halogenated alkanes) is 4. The van der Waals surface area contributed by atoms with Crippen molar-refractivity contribution in [3.05, 3.63) is 0 Å². The molecule has 0 aromatic heterocycles. The van der Waals surface area contributed by atoms with Crippen LogP contribution < -0.4 is 4.72 Å². The molecule has 0 rings (SSSR count). The molecule has 5 heteroatoms. The number of hydrogen-bond acceptors (Lipinski definition) is 3. The summed E-state index contributed by atoms with van der Waals surface area (Å²) in [6.07, 6.45) is 5.72. The van der Waals surface area contributed by atoms with Gasteiger partial charge in [0.15, 0.2) is 5.25 Å². The van der Waals surface area contributed by atoms with Crippen molar-refractivity contribution in [2.75, 3.05) is 6.54 Å². The molecule has 0 aromatic rings. The monoisotopic (exact) mass is 246 g/mol. The third kappa shape index (κ3) is 6.09. The summed E-state index contributed by atoms with van der Waals surface area (Å²) in [7, 11) is -3.43. The molecule has 1 N–H and O–H groups in total. The SMILES string of the molecule is CCCCCCCC(C#N)S(=O)(=O)NCC. The summed E-state index contributed by atoms with van der Waals surface area (Å²) in [5.41, 5.74) is 0. The Hall–Kier alpha value is -0.600. The summed E-state index contributed by atoms with van der Waals surface area (Å²) in [5.74, 6) is 0. The largest absolute Gasteiger partial charge is 0.227 e. The normalized spacial score (nSPS) is 13.3. The Morgan fingerprint density at radius 2 is 1.81 bits per heavy atom. The van der Waals surface area contributed by atoms with Crippen LogP contribution in [0.25, 0.3) is 0 Å². The van der Waals surface area contributed by atoms with Gasteiger partial charge in [-0.05, 0) is 6.42 Å². The maximum Gasteiger partial charge on any atom is 0.227 e. The van der Waals surface area contributed by atoms with Crippen LogP contribution in [0.15, 0.2) is 0 Å². The van der Waals surface area contributed by atoms with Gasteiger partial charge in [0.25, 0.3) is 0 Å². The summed E-state index contributed by atoms with van der Waals surface area (Å²) in [4.78, 5) is 0. The van der Waals surface area contributed by atoms with Gasteiger partial charge in [0.1, 0.15) is 0 Å². The number of nitriles is 1. The zero-order chi connectivity index (χ0) is 12.4. The van der Waals surface area contributed by atoms with E-state index in [9.17, 15) is 8.42 Å². The van der Waals surface area contributed by atoms with Gasteiger partial charge in [0.05, 0.1) is 6.07 Å². The number of rotatable bonds is 9. The van der Waals surface area contributed by atoms with Crippen molar-refractivity contribution >= 4 is 10.0 Å². The van der Waals surface area contributed by atoms with Crippen molar-refractivity contribution in [1.82, 2.24) is 4.72 Å². The van der Waals surface area contributed by atoms with Gasteiger partial charge in [0.2, 0.25) is 10.0 Å². The molecule has 1 unspecified atom stereocenters. The van der Waals surface area contributed by atoms with Crippen LogP contribution in [0.3, 0.4) is 0 Å². The van der Waals surface area contributed by atoms with Gasteiger partial charge in [-0.25, -0.2) is 13.1 Å². The minimum atomic E-state index is -3.43. The van der Waals surface area contributed by atoms with Crippen molar-refractivity contribution < 1.29 is 8.42 Å². The van der Waals surface area contributed by atoms with E-state index in [1.165, 1.54) is 6.42 Å². The smallest absolute Gasteiger partial charge is 0.214 e. The van der Waals surface area contributed by atoms with Crippen LogP contribution in [0.4, 0.5) is 0 Å². The lowest BCUT2D eigenvalue weighted by Crippen LogP contribution is -2.33. The standard InChI is InChI=1S/C11H22N2O2S/c1-3-5-6-7-8-9-11(10-12)16(14,15)13-4-2/h11,13H,3-9H2,1-2H3. The molecule has 4 nitrogen and oxygen atoms in total. The van der Waals surface area contributed by atoms with E-state index in [1.807, 2.05) is 6.07 Å². The molecule has 0 bridgehead atoms. The molecule has 0 heterocycles. The predicted octanol–water partition coefficient (Wildman–Crippen LogP) is 2.18. The quantitative estimate of drug-likeness (QED) is 0.634. The van der Waals surface area contributed by atoms with Crippen LogP contribution >= 0.6 is 0 Å². The van der Waals surface area contributed by atoms with E-state index in [-0.39, 0.29) is 0 Å². The molecule has 0 aromatic carbocycles. The third-order valence-electron chi connectivity index (χ3n) is 2.43. The van der Waals surface area contributed by atoms with Crippen LogP contribution in [0.1, 0.15) is 52.4 Å². The first kappa shape index (κ1) is 15.4. The molecule has 0 amide bonds. The summed E-state index contributed by atoms with van der Waals surface area (Å²) < 4.78 is 25.5. The third-order valence-corrected chi connectivity index (χ3v) is 4.22. The zero-order valence-electron chi connectivity index (χ0n) is 10.2. The fraction of sp³-hybridized carbons (Fsp3) is 0.909. The Bertz CT molecular complexity index is 306. The average Bonchev–Trinajstić information content (AvgIpc) is 2.23. The highest BCUT2D eigenvalue weighted by Crippen LogP contribution is 2.11.